The molecule has 27 heavy (non-hydrogen) atoms. The van der Waals surface area contributed by atoms with Crippen LogP contribution in [0.1, 0.15) is 40.0 Å². The van der Waals surface area contributed by atoms with E-state index in [1.807, 2.05) is 43.3 Å². The minimum Gasteiger partial charge on any atom is -0.352 e. The lowest BCUT2D eigenvalue weighted by molar-refractivity contribution is 0.0940. The Morgan fingerprint density at radius 1 is 1.04 bits per heavy atom. The SMILES string of the molecule is CC(NC(=O)c1ccnc(N2CCc3ccccc3C2)c1)c1ccccc1. The largest absolute Gasteiger partial charge is 0.352 e. The van der Waals surface area contributed by atoms with E-state index in [-0.39, 0.29) is 11.9 Å². The van der Waals surface area contributed by atoms with Gasteiger partial charge < -0.3 is 10.2 Å². The lowest BCUT2D eigenvalue weighted by Gasteiger charge is -2.30. The molecule has 0 bridgehead atoms. The molecule has 0 aliphatic carbocycles. The smallest absolute Gasteiger partial charge is 0.251 e. The summed E-state index contributed by atoms with van der Waals surface area (Å²) in [5.41, 5.74) is 4.46. The number of fused-ring (bicyclic) bond motifs is 1. The van der Waals surface area contributed by atoms with Crippen LogP contribution in [-0.2, 0) is 13.0 Å². The van der Waals surface area contributed by atoms with Crippen LogP contribution in [0.4, 0.5) is 5.82 Å². The summed E-state index contributed by atoms with van der Waals surface area (Å²) in [4.78, 5) is 19.4. The zero-order chi connectivity index (χ0) is 18.6. The molecule has 1 aliphatic rings. The molecule has 1 atom stereocenters. The zero-order valence-corrected chi connectivity index (χ0v) is 15.4. The number of anilines is 1. The number of hydrogen-bond donors (Lipinski definition) is 1. The highest BCUT2D eigenvalue weighted by atomic mass is 16.1. The topological polar surface area (TPSA) is 45.2 Å². The molecule has 1 N–H and O–H groups in total. The van der Waals surface area contributed by atoms with Crippen molar-refractivity contribution in [2.75, 3.05) is 11.4 Å². The fourth-order valence-corrected chi connectivity index (χ4v) is 3.53. The highest BCUT2D eigenvalue weighted by molar-refractivity contribution is 5.95. The van der Waals surface area contributed by atoms with Crippen LogP contribution in [0.5, 0.6) is 0 Å². The number of carbonyl (C=O) groups is 1. The summed E-state index contributed by atoms with van der Waals surface area (Å²) in [6.07, 6.45) is 2.72. The van der Waals surface area contributed by atoms with Gasteiger partial charge in [-0.2, -0.15) is 0 Å². The van der Waals surface area contributed by atoms with E-state index in [4.69, 9.17) is 0 Å². The molecule has 1 unspecified atom stereocenters. The third kappa shape index (κ3) is 3.85. The number of aromatic nitrogens is 1. The van der Waals surface area contributed by atoms with Crippen LogP contribution < -0.4 is 10.2 Å². The van der Waals surface area contributed by atoms with Crippen molar-refractivity contribution in [3.8, 4) is 0 Å². The lowest BCUT2D eigenvalue weighted by Crippen LogP contribution is -2.31. The van der Waals surface area contributed by atoms with Crippen molar-refractivity contribution >= 4 is 11.7 Å². The van der Waals surface area contributed by atoms with Gasteiger partial charge in [0.2, 0.25) is 0 Å². The molecule has 1 aliphatic heterocycles. The van der Waals surface area contributed by atoms with Crippen LogP contribution in [-0.4, -0.2) is 17.4 Å². The van der Waals surface area contributed by atoms with Crippen molar-refractivity contribution in [3.63, 3.8) is 0 Å². The molecule has 2 aromatic carbocycles. The first-order chi connectivity index (χ1) is 13.2. The van der Waals surface area contributed by atoms with Gasteiger partial charge in [0.05, 0.1) is 6.04 Å². The van der Waals surface area contributed by atoms with E-state index in [0.29, 0.717) is 5.56 Å². The number of hydrogen-bond acceptors (Lipinski definition) is 3. The molecule has 0 saturated carbocycles. The predicted octanol–water partition coefficient (Wildman–Crippen LogP) is 4.14. The van der Waals surface area contributed by atoms with Gasteiger partial charge in [0.15, 0.2) is 0 Å². The van der Waals surface area contributed by atoms with E-state index >= 15 is 0 Å². The van der Waals surface area contributed by atoms with E-state index in [0.717, 1.165) is 30.9 Å². The average Bonchev–Trinajstić information content (AvgIpc) is 2.74. The summed E-state index contributed by atoms with van der Waals surface area (Å²) < 4.78 is 0. The minimum absolute atomic E-state index is 0.0443. The van der Waals surface area contributed by atoms with Gasteiger partial charge in [-0.15, -0.1) is 0 Å². The third-order valence-corrected chi connectivity index (χ3v) is 5.11. The number of benzene rings is 2. The molecule has 4 heteroatoms. The quantitative estimate of drug-likeness (QED) is 0.763. The highest BCUT2D eigenvalue weighted by Gasteiger charge is 2.18. The maximum absolute atomic E-state index is 12.7. The van der Waals surface area contributed by atoms with Gasteiger partial charge in [-0.3, -0.25) is 4.79 Å². The summed E-state index contributed by atoms with van der Waals surface area (Å²) in [7, 11) is 0. The summed E-state index contributed by atoms with van der Waals surface area (Å²) in [6.45, 7) is 3.74. The molecule has 1 amide bonds. The molecule has 2 heterocycles. The Kier molecular flexibility index (Phi) is 4.88. The Balaban J connectivity index is 1.49. The Morgan fingerprint density at radius 3 is 2.59 bits per heavy atom. The lowest BCUT2D eigenvalue weighted by atomic mass is 10.00. The fourth-order valence-electron chi connectivity index (χ4n) is 3.53. The van der Waals surface area contributed by atoms with Gasteiger partial charge in [-0.1, -0.05) is 54.6 Å². The molecule has 1 aromatic heterocycles. The monoisotopic (exact) mass is 357 g/mol. The van der Waals surface area contributed by atoms with E-state index in [9.17, 15) is 4.79 Å². The Morgan fingerprint density at radius 2 is 1.78 bits per heavy atom. The van der Waals surface area contributed by atoms with Crippen LogP contribution in [0.25, 0.3) is 0 Å². The van der Waals surface area contributed by atoms with Crippen molar-refractivity contribution in [1.29, 1.82) is 0 Å². The van der Waals surface area contributed by atoms with Crippen LogP contribution in [0.2, 0.25) is 0 Å². The zero-order valence-electron chi connectivity index (χ0n) is 15.4. The molecular formula is C23H23N3O. The predicted molar refractivity (Wildman–Crippen MR) is 108 cm³/mol. The van der Waals surface area contributed by atoms with Gasteiger partial charge in [0.25, 0.3) is 5.91 Å². The van der Waals surface area contributed by atoms with E-state index in [1.54, 1.807) is 12.3 Å². The molecule has 4 rings (SSSR count). The number of carbonyl (C=O) groups excluding carboxylic acids is 1. The summed E-state index contributed by atoms with van der Waals surface area (Å²) >= 11 is 0. The minimum atomic E-state index is -0.0765. The summed E-state index contributed by atoms with van der Waals surface area (Å²) in [6, 6.07) is 22.1. The first-order valence-corrected chi connectivity index (χ1v) is 9.34. The first kappa shape index (κ1) is 17.3. The van der Waals surface area contributed by atoms with Crippen molar-refractivity contribution in [2.24, 2.45) is 0 Å². The molecule has 0 radical (unpaired) electrons. The third-order valence-electron chi connectivity index (χ3n) is 5.11. The van der Waals surface area contributed by atoms with Crippen LogP contribution in [0.3, 0.4) is 0 Å². The van der Waals surface area contributed by atoms with Gasteiger partial charge in [-0.05, 0) is 42.2 Å². The number of nitrogens with zero attached hydrogens (tertiary/aromatic N) is 2. The summed E-state index contributed by atoms with van der Waals surface area (Å²) in [5, 5.41) is 3.07. The molecule has 0 saturated heterocycles. The second kappa shape index (κ2) is 7.62. The molecular weight excluding hydrogens is 334 g/mol. The van der Waals surface area contributed by atoms with Crippen LogP contribution >= 0.6 is 0 Å². The Labute approximate surface area is 159 Å². The maximum Gasteiger partial charge on any atom is 0.251 e. The number of rotatable bonds is 4. The fraction of sp³-hybridized carbons (Fsp3) is 0.217. The van der Waals surface area contributed by atoms with E-state index in [1.165, 1.54) is 11.1 Å². The molecule has 0 fully saturated rings. The molecule has 136 valence electrons. The number of amides is 1. The highest BCUT2D eigenvalue weighted by Crippen LogP contribution is 2.23. The molecule has 4 nitrogen and oxygen atoms in total. The Bertz CT molecular complexity index is 939. The first-order valence-electron chi connectivity index (χ1n) is 9.34. The normalized spacial score (nSPS) is 14.3. The standard InChI is InChI=1S/C23H23N3O/c1-17(18-7-3-2-4-8-18)25-23(27)20-11-13-24-22(15-20)26-14-12-19-9-5-6-10-21(19)16-26/h2-11,13,15,17H,12,14,16H2,1H3,(H,25,27). The molecule has 3 aromatic rings. The van der Waals surface area contributed by atoms with Gasteiger partial charge in [0.1, 0.15) is 5.82 Å². The second-order valence-electron chi connectivity index (χ2n) is 6.95. The number of nitrogens with one attached hydrogen (secondary N) is 1. The van der Waals surface area contributed by atoms with Gasteiger partial charge in [0, 0.05) is 24.8 Å². The average molecular weight is 357 g/mol. The van der Waals surface area contributed by atoms with Gasteiger partial charge >= 0.3 is 0 Å². The van der Waals surface area contributed by atoms with Crippen LogP contribution in [0.15, 0.2) is 72.9 Å². The summed E-state index contributed by atoms with van der Waals surface area (Å²) in [5.74, 6) is 0.775. The number of pyridine rings is 1. The van der Waals surface area contributed by atoms with Gasteiger partial charge in [-0.25, -0.2) is 4.98 Å². The second-order valence-corrected chi connectivity index (χ2v) is 6.95. The van der Waals surface area contributed by atoms with Crippen molar-refractivity contribution in [1.82, 2.24) is 10.3 Å². The Hall–Kier alpha value is -3.14. The molecule has 0 spiro atoms. The van der Waals surface area contributed by atoms with Crippen molar-refractivity contribution in [2.45, 2.75) is 25.9 Å². The maximum atomic E-state index is 12.7. The van der Waals surface area contributed by atoms with Crippen molar-refractivity contribution < 1.29 is 4.79 Å². The van der Waals surface area contributed by atoms with Crippen molar-refractivity contribution in [3.05, 3.63) is 95.2 Å². The van der Waals surface area contributed by atoms with E-state index < -0.39 is 0 Å². The van der Waals surface area contributed by atoms with Crippen LogP contribution in [0, 0.1) is 0 Å². The van der Waals surface area contributed by atoms with E-state index in [2.05, 4.69) is 39.5 Å².